The Morgan fingerprint density at radius 1 is 1.35 bits per heavy atom. The summed E-state index contributed by atoms with van der Waals surface area (Å²) in [6, 6.07) is 4.33. The second kappa shape index (κ2) is 6.42. The number of sulfonamides is 1. The fraction of sp³-hybridized carbons (Fsp3) is 0.455. The number of rotatable bonds is 5. The molecule has 0 heterocycles. The highest BCUT2D eigenvalue weighted by Crippen LogP contribution is 2.28. The molecule has 1 rings (SSSR count). The van der Waals surface area contributed by atoms with Gasteiger partial charge in [-0.15, -0.1) is 0 Å². The van der Waals surface area contributed by atoms with Crippen molar-refractivity contribution in [2.24, 2.45) is 5.73 Å². The van der Waals surface area contributed by atoms with Crippen LogP contribution in [0.5, 0.6) is 0 Å². The molecule has 0 aliphatic carbocycles. The summed E-state index contributed by atoms with van der Waals surface area (Å²) in [4.78, 5) is -0.216. The Balaban J connectivity index is 3.27. The number of hydrogen-bond donors (Lipinski definition) is 1. The lowest BCUT2D eigenvalue weighted by molar-refractivity contribution is -0.135. The summed E-state index contributed by atoms with van der Waals surface area (Å²) in [5.74, 6) is 0. The summed E-state index contributed by atoms with van der Waals surface area (Å²) in [5, 5.41) is 0. The van der Waals surface area contributed by atoms with E-state index in [1.807, 2.05) is 0 Å². The van der Waals surface area contributed by atoms with Gasteiger partial charge in [-0.25, -0.2) is 8.42 Å². The van der Waals surface area contributed by atoms with Crippen LogP contribution in [0.3, 0.4) is 0 Å². The summed E-state index contributed by atoms with van der Waals surface area (Å²) in [5.41, 5.74) is 5.94. The third-order valence-corrected chi connectivity index (χ3v) is 5.47. The number of alkyl halides is 3. The van der Waals surface area contributed by atoms with Gasteiger partial charge < -0.3 is 5.73 Å². The minimum Gasteiger partial charge on any atom is -0.326 e. The maximum Gasteiger partial charge on any atom is 0.402 e. The molecular formula is C11H14BrF3N2O2S. The Bertz CT molecular complexity index is 576. The lowest BCUT2D eigenvalue weighted by atomic mass is 10.2. The predicted molar refractivity (Wildman–Crippen MR) is 72.5 cm³/mol. The van der Waals surface area contributed by atoms with Gasteiger partial charge in [0, 0.05) is 17.6 Å². The summed E-state index contributed by atoms with van der Waals surface area (Å²) in [6.07, 6.45) is -4.60. The Kier molecular flexibility index (Phi) is 5.59. The summed E-state index contributed by atoms with van der Waals surface area (Å²) >= 11 is 3.04. The highest BCUT2D eigenvalue weighted by Gasteiger charge is 2.36. The smallest absolute Gasteiger partial charge is 0.326 e. The summed E-state index contributed by atoms with van der Waals surface area (Å²) in [7, 11) is -4.24. The molecule has 2 N–H and O–H groups in total. The normalized spacial score (nSPS) is 12.9. The molecule has 1 aromatic carbocycles. The number of halogens is 4. The number of benzene rings is 1. The first kappa shape index (κ1) is 17.4. The van der Waals surface area contributed by atoms with E-state index in [-0.39, 0.29) is 22.5 Å². The van der Waals surface area contributed by atoms with Crippen LogP contribution < -0.4 is 5.73 Å². The fourth-order valence-corrected chi connectivity index (χ4v) is 3.99. The van der Waals surface area contributed by atoms with Crippen LogP contribution in [0.1, 0.15) is 12.5 Å². The fourth-order valence-electron chi connectivity index (χ4n) is 1.58. The molecular weight excluding hydrogens is 361 g/mol. The van der Waals surface area contributed by atoms with Crippen molar-refractivity contribution in [3.05, 3.63) is 28.2 Å². The van der Waals surface area contributed by atoms with E-state index < -0.39 is 22.7 Å². The predicted octanol–water partition coefficient (Wildman–Crippen LogP) is 2.48. The van der Waals surface area contributed by atoms with Crippen LogP contribution in [0, 0.1) is 0 Å². The zero-order valence-electron chi connectivity index (χ0n) is 10.6. The van der Waals surface area contributed by atoms with Crippen molar-refractivity contribution in [1.29, 1.82) is 0 Å². The Morgan fingerprint density at radius 3 is 2.40 bits per heavy atom. The van der Waals surface area contributed by atoms with Gasteiger partial charge in [0.2, 0.25) is 10.0 Å². The van der Waals surface area contributed by atoms with Crippen LogP contribution in [-0.2, 0) is 16.6 Å². The lowest BCUT2D eigenvalue weighted by Gasteiger charge is -2.22. The van der Waals surface area contributed by atoms with Crippen LogP contribution in [0.25, 0.3) is 0 Å². The van der Waals surface area contributed by atoms with E-state index >= 15 is 0 Å². The molecule has 0 atom stereocenters. The van der Waals surface area contributed by atoms with Crippen molar-refractivity contribution in [2.45, 2.75) is 24.5 Å². The molecule has 9 heteroatoms. The highest BCUT2D eigenvalue weighted by molar-refractivity contribution is 9.10. The second-order valence-electron chi connectivity index (χ2n) is 4.02. The van der Waals surface area contributed by atoms with Gasteiger partial charge in [-0.05, 0) is 33.6 Å². The first-order chi connectivity index (χ1) is 9.11. The van der Waals surface area contributed by atoms with Crippen molar-refractivity contribution in [3.63, 3.8) is 0 Å². The standard InChI is InChI=1S/C11H14BrF3N2O2S/c1-2-17(7-11(13,14)15)20(18,19)10-5-8(6-16)3-4-9(10)12/h3-5H,2,6-7,16H2,1H3. The molecule has 1 aromatic rings. The van der Waals surface area contributed by atoms with Gasteiger partial charge in [0.25, 0.3) is 0 Å². The minimum atomic E-state index is -4.60. The number of nitrogens with two attached hydrogens (primary N) is 1. The van der Waals surface area contributed by atoms with Gasteiger partial charge >= 0.3 is 6.18 Å². The van der Waals surface area contributed by atoms with E-state index in [1.165, 1.54) is 19.1 Å². The van der Waals surface area contributed by atoms with Crippen molar-refractivity contribution in [2.75, 3.05) is 13.1 Å². The van der Waals surface area contributed by atoms with Gasteiger partial charge in [-0.1, -0.05) is 13.0 Å². The molecule has 0 spiro atoms. The average Bonchev–Trinajstić information content (AvgIpc) is 2.35. The highest BCUT2D eigenvalue weighted by atomic mass is 79.9. The molecule has 0 fully saturated rings. The number of nitrogens with zero attached hydrogens (tertiary/aromatic N) is 1. The van der Waals surface area contributed by atoms with Crippen LogP contribution >= 0.6 is 15.9 Å². The zero-order valence-corrected chi connectivity index (χ0v) is 13.0. The van der Waals surface area contributed by atoms with Gasteiger partial charge in [0.05, 0.1) is 4.90 Å². The molecule has 4 nitrogen and oxygen atoms in total. The molecule has 20 heavy (non-hydrogen) atoms. The van der Waals surface area contributed by atoms with E-state index in [0.717, 1.165) is 0 Å². The maximum atomic E-state index is 12.4. The first-order valence-corrected chi connectivity index (χ1v) is 7.90. The Morgan fingerprint density at radius 2 is 1.95 bits per heavy atom. The summed E-state index contributed by atoms with van der Waals surface area (Å²) in [6.45, 7) is -0.350. The van der Waals surface area contributed by atoms with Gasteiger partial charge in [-0.2, -0.15) is 17.5 Å². The van der Waals surface area contributed by atoms with Crippen molar-refractivity contribution < 1.29 is 21.6 Å². The first-order valence-electron chi connectivity index (χ1n) is 5.67. The van der Waals surface area contributed by atoms with E-state index in [4.69, 9.17) is 5.73 Å². The van der Waals surface area contributed by atoms with Crippen LogP contribution in [0.2, 0.25) is 0 Å². The van der Waals surface area contributed by atoms with Crippen LogP contribution in [0.15, 0.2) is 27.6 Å². The molecule has 0 aliphatic rings. The number of hydrogen-bond acceptors (Lipinski definition) is 3. The quantitative estimate of drug-likeness (QED) is 0.860. The molecule has 0 aromatic heterocycles. The molecule has 0 bridgehead atoms. The minimum absolute atomic E-state index is 0.0984. The molecule has 0 saturated heterocycles. The van der Waals surface area contributed by atoms with E-state index in [0.29, 0.717) is 9.87 Å². The molecule has 0 aliphatic heterocycles. The van der Waals surface area contributed by atoms with E-state index in [1.54, 1.807) is 6.07 Å². The largest absolute Gasteiger partial charge is 0.402 e. The van der Waals surface area contributed by atoms with Crippen LogP contribution in [0.4, 0.5) is 13.2 Å². The van der Waals surface area contributed by atoms with Gasteiger partial charge in [0.1, 0.15) is 6.54 Å². The van der Waals surface area contributed by atoms with E-state index in [9.17, 15) is 21.6 Å². The van der Waals surface area contributed by atoms with Gasteiger partial charge in [-0.3, -0.25) is 0 Å². The Hall–Kier alpha value is -0.640. The topological polar surface area (TPSA) is 63.4 Å². The van der Waals surface area contributed by atoms with Crippen molar-refractivity contribution >= 4 is 26.0 Å². The zero-order chi connectivity index (χ0) is 15.6. The monoisotopic (exact) mass is 374 g/mol. The average molecular weight is 375 g/mol. The summed E-state index contributed by atoms with van der Waals surface area (Å²) < 4.78 is 62.5. The molecule has 114 valence electrons. The third kappa shape index (κ3) is 4.18. The third-order valence-electron chi connectivity index (χ3n) is 2.56. The molecule has 0 unspecified atom stereocenters. The maximum absolute atomic E-state index is 12.4. The van der Waals surface area contributed by atoms with Crippen molar-refractivity contribution in [3.8, 4) is 0 Å². The van der Waals surface area contributed by atoms with Crippen molar-refractivity contribution in [1.82, 2.24) is 4.31 Å². The Labute approximate surface area is 123 Å². The molecule has 0 radical (unpaired) electrons. The molecule has 0 saturated carbocycles. The van der Waals surface area contributed by atoms with Crippen LogP contribution in [-0.4, -0.2) is 32.0 Å². The second-order valence-corrected chi connectivity index (χ2v) is 6.78. The van der Waals surface area contributed by atoms with E-state index in [2.05, 4.69) is 15.9 Å². The lowest BCUT2D eigenvalue weighted by Crippen LogP contribution is -2.38. The SMILES string of the molecule is CCN(CC(F)(F)F)S(=O)(=O)c1cc(CN)ccc1Br. The van der Waals surface area contributed by atoms with Gasteiger partial charge in [0.15, 0.2) is 0 Å². The molecule has 0 amide bonds.